The third kappa shape index (κ3) is 3.17. The molecule has 0 atom stereocenters. The van der Waals surface area contributed by atoms with Crippen LogP contribution < -0.4 is 5.73 Å². The summed E-state index contributed by atoms with van der Waals surface area (Å²) in [6, 6.07) is 0. The molecule has 1 rings (SSSR count). The summed E-state index contributed by atoms with van der Waals surface area (Å²) in [5.41, 5.74) is 7.06. The second kappa shape index (κ2) is 5.46. The molecule has 0 radical (unpaired) electrons. The number of hydrogen-bond donors (Lipinski definition) is 1. The number of nitrogens with two attached hydrogens (primary N) is 1. The molecule has 0 saturated carbocycles. The van der Waals surface area contributed by atoms with Gasteiger partial charge in [0.15, 0.2) is 0 Å². The van der Waals surface area contributed by atoms with Crippen molar-refractivity contribution in [1.82, 2.24) is 4.98 Å². The van der Waals surface area contributed by atoms with Crippen LogP contribution in [0.15, 0.2) is 0 Å². The molecule has 1 aromatic heterocycles. The van der Waals surface area contributed by atoms with E-state index in [1.165, 1.54) is 31.4 Å². The zero-order valence-corrected chi connectivity index (χ0v) is 10.2. The fourth-order valence-corrected chi connectivity index (χ4v) is 3.42. The van der Waals surface area contributed by atoms with Gasteiger partial charge in [0.25, 0.3) is 0 Å². The SMILES string of the molecule is CCCCc1nc(N)[se]c1CCC. The molecule has 0 aromatic carbocycles. The second-order valence-electron chi connectivity index (χ2n) is 3.28. The van der Waals surface area contributed by atoms with Gasteiger partial charge in [0.05, 0.1) is 0 Å². The van der Waals surface area contributed by atoms with Gasteiger partial charge in [-0.1, -0.05) is 0 Å². The molecule has 2 N–H and O–H groups in total. The van der Waals surface area contributed by atoms with Gasteiger partial charge < -0.3 is 0 Å². The minimum atomic E-state index is 0.374. The summed E-state index contributed by atoms with van der Waals surface area (Å²) in [4.78, 5) is 4.43. The van der Waals surface area contributed by atoms with E-state index in [-0.39, 0.29) is 0 Å². The Morgan fingerprint density at radius 2 is 2.00 bits per heavy atom. The molecule has 13 heavy (non-hydrogen) atoms. The first kappa shape index (κ1) is 10.8. The quantitative estimate of drug-likeness (QED) is 0.806. The average molecular weight is 245 g/mol. The fraction of sp³-hybridized carbons (Fsp3) is 0.700. The molecule has 0 aliphatic rings. The van der Waals surface area contributed by atoms with Crippen LogP contribution in [0.3, 0.4) is 0 Å². The number of aromatic nitrogens is 1. The molecule has 0 aliphatic carbocycles. The van der Waals surface area contributed by atoms with Crippen LogP contribution in [-0.2, 0) is 12.8 Å². The Morgan fingerprint density at radius 1 is 1.23 bits per heavy atom. The van der Waals surface area contributed by atoms with Crippen molar-refractivity contribution in [3.63, 3.8) is 0 Å². The summed E-state index contributed by atoms with van der Waals surface area (Å²) in [7, 11) is 0. The van der Waals surface area contributed by atoms with Gasteiger partial charge >= 0.3 is 86.0 Å². The molecule has 0 bridgehead atoms. The molecular weight excluding hydrogens is 227 g/mol. The van der Waals surface area contributed by atoms with Crippen LogP contribution in [0, 0.1) is 0 Å². The van der Waals surface area contributed by atoms with Gasteiger partial charge in [0.2, 0.25) is 0 Å². The van der Waals surface area contributed by atoms with Gasteiger partial charge in [-0.3, -0.25) is 0 Å². The van der Waals surface area contributed by atoms with E-state index in [4.69, 9.17) is 5.73 Å². The third-order valence-electron chi connectivity index (χ3n) is 2.04. The van der Waals surface area contributed by atoms with Crippen LogP contribution in [0.25, 0.3) is 0 Å². The first-order chi connectivity index (χ1) is 6.27. The molecule has 3 heteroatoms. The molecule has 0 saturated heterocycles. The molecule has 2 nitrogen and oxygen atoms in total. The summed E-state index contributed by atoms with van der Waals surface area (Å²) >= 11 is 0.374. The number of aryl methyl sites for hydroxylation is 2. The van der Waals surface area contributed by atoms with Crippen LogP contribution in [0.1, 0.15) is 43.2 Å². The maximum atomic E-state index is 5.75. The van der Waals surface area contributed by atoms with Crippen molar-refractivity contribution in [2.75, 3.05) is 5.73 Å². The second-order valence-corrected chi connectivity index (χ2v) is 5.62. The van der Waals surface area contributed by atoms with E-state index in [0.29, 0.717) is 14.5 Å². The predicted molar refractivity (Wildman–Crippen MR) is 58.2 cm³/mol. The fourth-order valence-electron chi connectivity index (χ4n) is 1.37. The van der Waals surface area contributed by atoms with E-state index < -0.39 is 0 Å². The number of unbranched alkanes of at least 4 members (excludes halogenated alkanes) is 1. The summed E-state index contributed by atoms with van der Waals surface area (Å²) < 4.78 is 2.42. The first-order valence-electron chi connectivity index (χ1n) is 5.02. The Labute approximate surface area is 86.3 Å². The minimum absolute atomic E-state index is 0.374. The van der Waals surface area contributed by atoms with E-state index >= 15 is 0 Å². The van der Waals surface area contributed by atoms with Crippen LogP contribution in [-0.4, -0.2) is 19.5 Å². The van der Waals surface area contributed by atoms with Gasteiger partial charge in [0.1, 0.15) is 0 Å². The Balaban J connectivity index is 2.66. The molecular formula is C10H18N2Se. The molecule has 0 aliphatic heterocycles. The van der Waals surface area contributed by atoms with E-state index in [1.54, 1.807) is 4.44 Å². The normalized spacial score (nSPS) is 10.6. The van der Waals surface area contributed by atoms with Crippen molar-refractivity contribution in [2.24, 2.45) is 0 Å². The van der Waals surface area contributed by atoms with Gasteiger partial charge in [-0.15, -0.1) is 0 Å². The van der Waals surface area contributed by atoms with Crippen LogP contribution >= 0.6 is 0 Å². The van der Waals surface area contributed by atoms with Crippen LogP contribution in [0.4, 0.5) is 4.69 Å². The van der Waals surface area contributed by atoms with E-state index in [9.17, 15) is 0 Å². The first-order valence-corrected chi connectivity index (χ1v) is 6.73. The Hall–Kier alpha value is -0.271. The van der Waals surface area contributed by atoms with Crippen molar-refractivity contribution < 1.29 is 0 Å². The van der Waals surface area contributed by atoms with E-state index in [0.717, 1.165) is 11.1 Å². The third-order valence-corrected chi connectivity index (χ3v) is 4.11. The zero-order valence-electron chi connectivity index (χ0n) is 8.47. The Bertz CT molecular complexity index is 255. The van der Waals surface area contributed by atoms with Crippen molar-refractivity contribution in [3.8, 4) is 0 Å². The Kier molecular flexibility index (Phi) is 4.54. The summed E-state index contributed by atoms with van der Waals surface area (Å²) in [6.45, 7) is 4.43. The monoisotopic (exact) mass is 246 g/mol. The zero-order chi connectivity index (χ0) is 9.68. The van der Waals surface area contributed by atoms with E-state index in [2.05, 4.69) is 18.8 Å². The summed E-state index contributed by atoms with van der Waals surface area (Å²) in [5, 5.41) is 0. The number of nitrogens with zero attached hydrogens (tertiary/aromatic N) is 1. The standard InChI is InChI=1S/C10H18N2Se/c1-3-5-7-8-9(6-4-2)13-10(11)12-8/h3-7H2,1-2H3,(H2,11,12). The van der Waals surface area contributed by atoms with Crippen molar-refractivity contribution in [3.05, 3.63) is 10.1 Å². The number of nitrogen functional groups attached to an aromatic ring is 1. The molecule has 0 spiro atoms. The predicted octanol–water partition coefficient (Wildman–Crippen LogP) is 2.02. The topological polar surface area (TPSA) is 38.9 Å². The van der Waals surface area contributed by atoms with Gasteiger partial charge in [-0.05, 0) is 0 Å². The van der Waals surface area contributed by atoms with Crippen molar-refractivity contribution in [1.29, 1.82) is 0 Å². The molecule has 0 amide bonds. The summed E-state index contributed by atoms with van der Waals surface area (Å²) in [5.74, 6) is 0. The summed E-state index contributed by atoms with van der Waals surface area (Å²) in [6.07, 6.45) is 6.04. The van der Waals surface area contributed by atoms with Crippen LogP contribution in [0.5, 0.6) is 0 Å². The molecule has 1 heterocycles. The number of hydrogen-bond acceptors (Lipinski definition) is 2. The number of anilines is 1. The van der Waals surface area contributed by atoms with Crippen LogP contribution in [0.2, 0.25) is 0 Å². The molecule has 74 valence electrons. The number of rotatable bonds is 5. The van der Waals surface area contributed by atoms with Gasteiger partial charge in [-0.25, -0.2) is 0 Å². The molecule has 0 unspecified atom stereocenters. The average Bonchev–Trinajstić information content (AvgIpc) is 2.44. The van der Waals surface area contributed by atoms with Gasteiger partial charge in [-0.2, -0.15) is 0 Å². The van der Waals surface area contributed by atoms with E-state index in [1.807, 2.05) is 0 Å². The molecule has 0 fully saturated rings. The Morgan fingerprint density at radius 3 is 2.62 bits per heavy atom. The van der Waals surface area contributed by atoms with Crippen molar-refractivity contribution >= 4 is 19.2 Å². The van der Waals surface area contributed by atoms with Crippen molar-refractivity contribution in [2.45, 2.75) is 46.0 Å². The van der Waals surface area contributed by atoms with Gasteiger partial charge in [0, 0.05) is 0 Å². The maximum absolute atomic E-state index is 5.75. The molecule has 1 aromatic rings.